The van der Waals surface area contributed by atoms with Crippen molar-refractivity contribution < 1.29 is 0 Å². The molecule has 0 amide bonds. The van der Waals surface area contributed by atoms with Crippen molar-refractivity contribution in [3.05, 3.63) is 64.0 Å². The highest BCUT2D eigenvalue weighted by Crippen LogP contribution is 2.31. The Bertz CT molecular complexity index is 914. The lowest BCUT2D eigenvalue weighted by atomic mass is 9.88. The molecule has 5 heteroatoms. The second kappa shape index (κ2) is 8.10. The molecule has 3 aromatic rings. The molecule has 0 unspecified atom stereocenters. The van der Waals surface area contributed by atoms with Gasteiger partial charge in [0, 0.05) is 66.6 Å². The van der Waals surface area contributed by atoms with Crippen LogP contribution in [0.1, 0.15) is 60.7 Å². The van der Waals surface area contributed by atoms with Crippen LogP contribution < -0.4 is 0 Å². The van der Waals surface area contributed by atoms with Gasteiger partial charge in [-0.25, -0.2) is 9.97 Å². The third-order valence-corrected chi connectivity index (χ3v) is 6.73. The number of aromatic nitrogens is 3. The zero-order valence-corrected chi connectivity index (χ0v) is 17.0. The Morgan fingerprint density at radius 2 is 1.96 bits per heavy atom. The summed E-state index contributed by atoms with van der Waals surface area (Å²) in [5, 5.41) is 4.24. The normalized spacial score (nSPS) is 18.1. The number of thiophene rings is 1. The number of hydrogen-bond acceptors (Lipinski definition) is 5. The van der Waals surface area contributed by atoms with Crippen molar-refractivity contribution in [2.24, 2.45) is 0 Å². The standard InChI is InChI=1S/C23H26N4S/c1-2-4-18(5-3-1)23-25-13-20-15-27(10-8-22(20)26-23)14-17-6-7-21(24-12-17)19-9-11-28-16-19/h6-7,9,11-13,16,18H,1-5,8,10,14-15H2. The molecule has 28 heavy (non-hydrogen) atoms. The zero-order valence-electron chi connectivity index (χ0n) is 16.2. The van der Waals surface area contributed by atoms with Gasteiger partial charge in [0.05, 0.1) is 5.69 Å². The molecular formula is C23H26N4S. The van der Waals surface area contributed by atoms with Crippen LogP contribution >= 0.6 is 11.3 Å². The molecular weight excluding hydrogens is 364 g/mol. The summed E-state index contributed by atoms with van der Waals surface area (Å²) in [6, 6.07) is 6.46. The van der Waals surface area contributed by atoms with Gasteiger partial charge in [0.2, 0.25) is 0 Å². The lowest BCUT2D eigenvalue weighted by Gasteiger charge is -2.29. The molecule has 144 valence electrons. The molecule has 1 aliphatic heterocycles. The molecule has 0 spiro atoms. The van der Waals surface area contributed by atoms with Crippen LogP contribution in [-0.4, -0.2) is 26.4 Å². The molecule has 1 saturated carbocycles. The number of pyridine rings is 1. The van der Waals surface area contributed by atoms with Gasteiger partial charge in [0.25, 0.3) is 0 Å². The molecule has 4 nitrogen and oxygen atoms in total. The van der Waals surface area contributed by atoms with Gasteiger partial charge in [-0.05, 0) is 35.9 Å². The van der Waals surface area contributed by atoms with Gasteiger partial charge in [-0.1, -0.05) is 25.3 Å². The maximum Gasteiger partial charge on any atom is 0.131 e. The fourth-order valence-corrected chi connectivity index (χ4v) is 5.09. The monoisotopic (exact) mass is 390 g/mol. The Morgan fingerprint density at radius 1 is 1.04 bits per heavy atom. The highest BCUT2D eigenvalue weighted by atomic mass is 32.1. The van der Waals surface area contributed by atoms with E-state index < -0.39 is 0 Å². The van der Waals surface area contributed by atoms with E-state index in [0.29, 0.717) is 5.92 Å². The van der Waals surface area contributed by atoms with Crippen LogP contribution in [0.4, 0.5) is 0 Å². The van der Waals surface area contributed by atoms with Crippen LogP contribution in [0.2, 0.25) is 0 Å². The van der Waals surface area contributed by atoms with Crippen molar-refractivity contribution in [1.82, 2.24) is 19.9 Å². The molecule has 0 saturated heterocycles. The van der Waals surface area contributed by atoms with Crippen molar-refractivity contribution in [3.63, 3.8) is 0 Å². The van der Waals surface area contributed by atoms with Gasteiger partial charge in [-0.2, -0.15) is 11.3 Å². The van der Waals surface area contributed by atoms with E-state index in [4.69, 9.17) is 9.97 Å². The largest absolute Gasteiger partial charge is 0.294 e. The van der Waals surface area contributed by atoms with E-state index >= 15 is 0 Å². The summed E-state index contributed by atoms with van der Waals surface area (Å²) >= 11 is 1.71. The fraction of sp³-hybridized carbons (Fsp3) is 0.435. The first-order chi connectivity index (χ1) is 13.8. The van der Waals surface area contributed by atoms with Crippen molar-refractivity contribution in [1.29, 1.82) is 0 Å². The van der Waals surface area contributed by atoms with Gasteiger partial charge in [-0.3, -0.25) is 9.88 Å². The number of hydrogen-bond donors (Lipinski definition) is 0. The van der Waals surface area contributed by atoms with Crippen LogP contribution in [0, 0.1) is 0 Å². The lowest BCUT2D eigenvalue weighted by Crippen LogP contribution is -2.31. The van der Waals surface area contributed by atoms with Crippen LogP contribution in [-0.2, 0) is 19.5 Å². The SMILES string of the molecule is c1cc(-c2ccc(CN3CCc4nc(C5CCCCC5)ncc4C3)cn2)cs1. The predicted octanol–water partition coefficient (Wildman–Crippen LogP) is 5.21. The molecule has 0 bridgehead atoms. The molecule has 3 aromatic heterocycles. The maximum absolute atomic E-state index is 4.97. The van der Waals surface area contributed by atoms with Crippen molar-refractivity contribution in [2.45, 2.75) is 57.5 Å². The Kier molecular flexibility index (Phi) is 5.19. The summed E-state index contributed by atoms with van der Waals surface area (Å²) in [7, 11) is 0. The van der Waals surface area contributed by atoms with Crippen LogP contribution in [0.25, 0.3) is 11.3 Å². The first-order valence-corrected chi connectivity index (χ1v) is 11.3. The average molecular weight is 391 g/mol. The van der Waals surface area contributed by atoms with E-state index in [1.165, 1.54) is 54.5 Å². The fourth-order valence-electron chi connectivity index (χ4n) is 4.44. The second-order valence-electron chi connectivity index (χ2n) is 8.06. The van der Waals surface area contributed by atoms with Crippen molar-refractivity contribution >= 4 is 11.3 Å². The average Bonchev–Trinajstić information content (AvgIpc) is 3.29. The Labute approximate surface area is 170 Å². The number of rotatable bonds is 4. The minimum atomic E-state index is 0.588. The highest BCUT2D eigenvalue weighted by Gasteiger charge is 2.22. The first kappa shape index (κ1) is 18.0. The Morgan fingerprint density at radius 3 is 2.75 bits per heavy atom. The molecule has 5 rings (SSSR count). The maximum atomic E-state index is 4.97. The van der Waals surface area contributed by atoms with E-state index in [1.54, 1.807) is 11.3 Å². The molecule has 0 N–H and O–H groups in total. The molecule has 1 fully saturated rings. The minimum Gasteiger partial charge on any atom is -0.294 e. The molecule has 0 aromatic carbocycles. The first-order valence-electron chi connectivity index (χ1n) is 10.4. The Balaban J connectivity index is 1.24. The van der Waals surface area contributed by atoms with E-state index in [9.17, 15) is 0 Å². The smallest absolute Gasteiger partial charge is 0.131 e. The van der Waals surface area contributed by atoms with Gasteiger partial charge < -0.3 is 0 Å². The lowest BCUT2D eigenvalue weighted by molar-refractivity contribution is 0.242. The molecule has 0 atom stereocenters. The van der Waals surface area contributed by atoms with Gasteiger partial charge in [0.1, 0.15) is 5.82 Å². The summed E-state index contributed by atoms with van der Waals surface area (Å²) in [4.78, 5) is 16.8. The Hall–Kier alpha value is -2.11. The van der Waals surface area contributed by atoms with Gasteiger partial charge in [-0.15, -0.1) is 0 Å². The van der Waals surface area contributed by atoms with Crippen LogP contribution in [0.3, 0.4) is 0 Å². The van der Waals surface area contributed by atoms with Gasteiger partial charge in [0.15, 0.2) is 0 Å². The summed E-state index contributed by atoms with van der Waals surface area (Å²) < 4.78 is 0. The number of nitrogens with zero attached hydrogens (tertiary/aromatic N) is 4. The summed E-state index contributed by atoms with van der Waals surface area (Å²) in [5.74, 6) is 1.69. The topological polar surface area (TPSA) is 41.9 Å². The quantitative estimate of drug-likeness (QED) is 0.613. The zero-order chi connectivity index (χ0) is 18.8. The minimum absolute atomic E-state index is 0.588. The van der Waals surface area contributed by atoms with Crippen molar-refractivity contribution in [2.75, 3.05) is 6.54 Å². The van der Waals surface area contributed by atoms with Gasteiger partial charge >= 0.3 is 0 Å². The summed E-state index contributed by atoms with van der Waals surface area (Å²) in [6.07, 6.45) is 11.7. The highest BCUT2D eigenvalue weighted by molar-refractivity contribution is 7.08. The van der Waals surface area contributed by atoms with E-state index in [1.807, 2.05) is 6.20 Å². The molecule has 0 radical (unpaired) electrons. The number of fused-ring (bicyclic) bond motifs is 1. The third-order valence-electron chi connectivity index (χ3n) is 6.05. The van der Waals surface area contributed by atoms with Crippen LogP contribution in [0.15, 0.2) is 41.4 Å². The molecule has 1 aliphatic carbocycles. The van der Waals surface area contributed by atoms with Crippen molar-refractivity contribution in [3.8, 4) is 11.3 Å². The predicted molar refractivity (Wildman–Crippen MR) is 113 cm³/mol. The van der Waals surface area contributed by atoms with E-state index in [0.717, 1.165) is 37.6 Å². The summed E-state index contributed by atoms with van der Waals surface area (Å²) in [6.45, 7) is 2.92. The molecule has 4 heterocycles. The third kappa shape index (κ3) is 3.87. The summed E-state index contributed by atoms with van der Waals surface area (Å²) in [5.41, 5.74) is 6.10. The van der Waals surface area contributed by atoms with Crippen LogP contribution in [0.5, 0.6) is 0 Å². The van der Waals surface area contributed by atoms with E-state index in [2.05, 4.69) is 45.0 Å². The van der Waals surface area contributed by atoms with E-state index in [-0.39, 0.29) is 0 Å². The second-order valence-corrected chi connectivity index (χ2v) is 8.84. The molecule has 2 aliphatic rings.